The van der Waals surface area contributed by atoms with Crippen LogP contribution in [0.4, 0.5) is 8.78 Å². The lowest BCUT2D eigenvalue weighted by Crippen LogP contribution is -2.43. The molecule has 3 aromatic carbocycles. The predicted molar refractivity (Wildman–Crippen MR) is 134 cm³/mol. The van der Waals surface area contributed by atoms with Crippen molar-refractivity contribution in [3.8, 4) is 5.75 Å². The molecule has 3 aromatic rings. The van der Waals surface area contributed by atoms with Gasteiger partial charge in [-0.2, -0.15) is 5.10 Å². The number of hydrazone groups is 1. The van der Waals surface area contributed by atoms with Crippen molar-refractivity contribution in [2.45, 2.75) is 12.5 Å². The van der Waals surface area contributed by atoms with E-state index in [1.807, 2.05) is 6.07 Å². The number of carbonyl (C=O) groups is 2. The number of nitrogens with zero attached hydrogens (tertiary/aromatic N) is 3. The standard InChI is InChI=1S/C28H27F2N3O4/c1-36-15-14-32(28(35)22-11-4-6-13-24(22)30)18-27(34)33-26(21-10-3-5-12-23(21)29)17-25(31-33)19-8-7-9-20(16-19)37-2/h3-13,16,26H,14-15,17-18H2,1-2H3/t26-/m1/s1. The van der Waals surface area contributed by atoms with E-state index in [2.05, 4.69) is 5.10 Å². The van der Waals surface area contributed by atoms with Crippen molar-refractivity contribution in [1.82, 2.24) is 9.91 Å². The normalized spacial score (nSPS) is 14.9. The Hall–Kier alpha value is -4.11. The zero-order valence-corrected chi connectivity index (χ0v) is 20.6. The van der Waals surface area contributed by atoms with Gasteiger partial charge < -0.3 is 14.4 Å². The summed E-state index contributed by atoms with van der Waals surface area (Å²) in [7, 11) is 3.02. The fraction of sp³-hybridized carbons (Fsp3) is 0.250. The molecule has 0 spiro atoms. The molecule has 4 rings (SSSR count). The Labute approximate surface area is 213 Å². The summed E-state index contributed by atoms with van der Waals surface area (Å²) in [5.41, 5.74) is 1.46. The summed E-state index contributed by atoms with van der Waals surface area (Å²) < 4.78 is 39.6. The smallest absolute Gasteiger partial charge is 0.262 e. The maximum Gasteiger partial charge on any atom is 0.262 e. The van der Waals surface area contributed by atoms with Gasteiger partial charge in [-0.25, -0.2) is 13.8 Å². The molecule has 0 radical (unpaired) electrons. The largest absolute Gasteiger partial charge is 0.497 e. The molecule has 9 heteroatoms. The summed E-state index contributed by atoms with van der Waals surface area (Å²) in [4.78, 5) is 27.9. The van der Waals surface area contributed by atoms with E-state index in [0.29, 0.717) is 17.0 Å². The van der Waals surface area contributed by atoms with Gasteiger partial charge >= 0.3 is 0 Å². The summed E-state index contributed by atoms with van der Waals surface area (Å²) in [6, 6.07) is 18.3. The molecule has 0 bridgehead atoms. The molecule has 0 unspecified atom stereocenters. The van der Waals surface area contributed by atoms with Crippen molar-refractivity contribution in [1.29, 1.82) is 0 Å². The van der Waals surface area contributed by atoms with E-state index in [-0.39, 0.29) is 25.1 Å². The Morgan fingerprint density at radius 2 is 1.73 bits per heavy atom. The number of hydrogen-bond acceptors (Lipinski definition) is 5. The summed E-state index contributed by atoms with van der Waals surface area (Å²) in [5.74, 6) is -1.72. The molecule has 0 aromatic heterocycles. The average molecular weight is 508 g/mol. The van der Waals surface area contributed by atoms with Crippen molar-refractivity contribution in [3.63, 3.8) is 0 Å². The molecule has 1 aliphatic rings. The summed E-state index contributed by atoms with van der Waals surface area (Å²) in [6.45, 7) is -0.195. The van der Waals surface area contributed by atoms with Gasteiger partial charge in [-0.1, -0.05) is 42.5 Å². The van der Waals surface area contributed by atoms with E-state index in [0.717, 1.165) is 5.56 Å². The predicted octanol–water partition coefficient (Wildman–Crippen LogP) is 4.44. The highest BCUT2D eigenvalue weighted by atomic mass is 19.1. The minimum atomic E-state index is -0.720. The molecule has 2 amide bonds. The van der Waals surface area contributed by atoms with Crippen LogP contribution in [0, 0.1) is 11.6 Å². The summed E-state index contributed by atoms with van der Waals surface area (Å²) >= 11 is 0. The first-order valence-electron chi connectivity index (χ1n) is 11.7. The van der Waals surface area contributed by atoms with E-state index in [9.17, 15) is 18.4 Å². The second-order valence-corrected chi connectivity index (χ2v) is 8.46. The Bertz CT molecular complexity index is 1310. The molecule has 0 saturated carbocycles. The van der Waals surface area contributed by atoms with E-state index >= 15 is 0 Å². The first kappa shape index (κ1) is 26.0. The van der Waals surface area contributed by atoms with Gasteiger partial charge in [0.05, 0.1) is 31.0 Å². The van der Waals surface area contributed by atoms with Gasteiger partial charge in [-0.3, -0.25) is 9.59 Å². The second kappa shape index (κ2) is 11.7. The van der Waals surface area contributed by atoms with Gasteiger partial charge in [-0.15, -0.1) is 0 Å². The highest BCUT2D eigenvalue weighted by Gasteiger charge is 2.36. The molecule has 7 nitrogen and oxygen atoms in total. The lowest BCUT2D eigenvalue weighted by molar-refractivity contribution is -0.133. The van der Waals surface area contributed by atoms with Crippen LogP contribution in [0.15, 0.2) is 77.9 Å². The third-order valence-electron chi connectivity index (χ3n) is 6.12. The van der Waals surface area contributed by atoms with Crippen molar-refractivity contribution >= 4 is 17.5 Å². The number of hydrogen-bond donors (Lipinski definition) is 0. The molecule has 1 heterocycles. The first-order valence-corrected chi connectivity index (χ1v) is 11.7. The van der Waals surface area contributed by atoms with Crippen molar-refractivity contribution in [2.24, 2.45) is 5.10 Å². The third-order valence-corrected chi connectivity index (χ3v) is 6.12. The minimum Gasteiger partial charge on any atom is -0.497 e. The fourth-order valence-electron chi connectivity index (χ4n) is 4.20. The van der Waals surface area contributed by atoms with Crippen LogP contribution in [0.3, 0.4) is 0 Å². The molecule has 37 heavy (non-hydrogen) atoms. The number of carbonyl (C=O) groups excluding carboxylic acids is 2. The van der Waals surface area contributed by atoms with Crippen molar-refractivity contribution in [3.05, 3.63) is 101 Å². The van der Waals surface area contributed by atoms with E-state index in [4.69, 9.17) is 9.47 Å². The van der Waals surface area contributed by atoms with Crippen LogP contribution < -0.4 is 4.74 Å². The SMILES string of the molecule is COCCN(CC(=O)N1N=C(c2cccc(OC)c2)C[C@@H]1c1ccccc1F)C(=O)c1ccccc1F. The lowest BCUT2D eigenvalue weighted by atomic mass is 9.98. The number of methoxy groups -OCH3 is 2. The van der Waals surface area contributed by atoms with Crippen LogP contribution in [0.5, 0.6) is 5.75 Å². The van der Waals surface area contributed by atoms with Gasteiger partial charge in [0, 0.05) is 31.2 Å². The van der Waals surface area contributed by atoms with Gasteiger partial charge in [0.2, 0.25) is 0 Å². The molecule has 0 saturated heterocycles. The molecule has 0 N–H and O–H groups in total. The summed E-state index contributed by atoms with van der Waals surface area (Å²) in [5, 5.41) is 5.76. The van der Waals surface area contributed by atoms with Crippen LogP contribution in [-0.2, 0) is 9.53 Å². The monoisotopic (exact) mass is 507 g/mol. The Balaban J connectivity index is 1.66. The summed E-state index contributed by atoms with van der Waals surface area (Å²) in [6.07, 6.45) is 0.263. The Morgan fingerprint density at radius 1 is 1.00 bits per heavy atom. The quantitative estimate of drug-likeness (QED) is 0.429. The molecular weight excluding hydrogens is 480 g/mol. The zero-order chi connectivity index (χ0) is 26.4. The maximum absolute atomic E-state index is 14.8. The lowest BCUT2D eigenvalue weighted by Gasteiger charge is -2.27. The zero-order valence-electron chi connectivity index (χ0n) is 20.6. The highest BCUT2D eigenvalue weighted by molar-refractivity contribution is 6.04. The molecule has 192 valence electrons. The number of benzene rings is 3. The Kier molecular flexibility index (Phi) is 8.25. The van der Waals surface area contributed by atoms with E-state index in [1.165, 1.54) is 41.3 Å². The third kappa shape index (κ3) is 5.83. The molecule has 0 fully saturated rings. The van der Waals surface area contributed by atoms with Crippen LogP contribution in [0.25, 0.3) is 0 Å². The highest BCUT2D eigenvalue weighted by Crippen LogP contribution is 2.34. The minimum absolute atomic E-state index is 0.0556. The second-order valence-electron chi connectivity index (χ2n) is 8.46. The number of halogens is 2. The molecule has 1 atom stereocenters. The van der Waals surface area contributed by atoms with Gasteiger partial charge in [-0.05, 0) is 30.3 Å². The molecular formula is C28H27F2N3O4. The van der Waals surface area contributed by atoms with E-state index < -0.39 is 36.0 Å². The molecule has 0 aliphatic carbocycles. The van der Waals surface area contributed by atoms with Gasteiger partial charge in [0.15, 0.2) is 0 Å². The van der Waals surface area contributed by atoms with Crippen molar-refractivity contribution < 1.29 is 27.8 Å². The van der Waals surface area contributed by atoms with Crippen LogP contribution in [0.2, 0.25) is 0 Å². The fourth-order valence-corrected chi connectivity index (χ4v) is 4.20. The maximum atomic E-state index is 14.8. The van der Waals surface area contributed by atoms with E-state index in [1.54, 1.807) is 49.6 Å². The first-order chi connectivity index (χ1) is 17.9. The Morgan fingerprint density at radius 3 is 2.43 bits per heavy atom. The van der Waals surface area contributed by atoms with Crippen LogP contribution in [-0.4, -0.2) is 61.4 Å². The average Bonchev–Trinajstić information content (AvgIpc) is 3.36. The van der Waals surface area contributed by atoms with Crippen LogP contribution >= 0.6 is 0 Å². The van der Waals surface area contributed by atoms with Gasteiger partial charge in [0.1, 0.15) is 23.9 Å². The number of ether oxygens (including phenoxy) is 2. The topological polar surface area (TPSA) is 71.4 Å². The number of amides is 2. The number of rotatable bonds is 9. The van der Waals surface area contributed by atoms with Gasteiger partial charge in [0.25, 0.3) is 11.8 Å². The van der Waals surface area contributed by atoms with Crippen molar-refractivity contribution in [2.75, 3.05) is 33.9 Å². The van der Waals surface area contributed by atoms with Crippen LogP contribution in [0.1, 0.15) is 33.9 Å². The molecule has 1 aliphatic heterocycles.